The molecule has 0 aromatic carbocycles. The van der Waals surface area contributed by atoms with Crippen molar-refractivity contribution in [2.75, 3.05) is 0 Å². The summed E-state index contributed by atoms with van der Waals surface area (Å²) in [6.07, 6.45) is 18.3. The van der Waals surface area contributed by atoms with Crippen LogP contribution in [0.15, 0.2) is 0 Å². The summed E-state index contributed by atoms with van der Waals surface area (Å²) in [5, 5.41) is 0. The van der Waals surface area contributed by atoms with E-state index in [1.165, 1.54) is 83.5 Å². The highest BCUT2D eigenvalue weighted by atomic mass is 14.3. The third-order valence-corrected chi connectivity index (χ3v) is 6.78. The van der Waals surface area contributed by atoms with Crippen LogP contribution >= 0.6 is 0 Å². The van der Waals surface area contributed by atoms with E-state index in [9.17, 15) is 0 Å². The van der Waals surface area contributed by atoms with Gasteiger partial charge in [-0.2, -0.15) is 0 Å². The first-order valence-electron chi connectivity index (χ1n) is 20.9. The standard InChI is InChI=1S/C9H20.C8H18.C7H14.C7H16.C6H14.C5H12.C4H10.CH4/c1-4-5-6-7-8-9(2)3;1-7(2)6-8(3,4)5;1-6(2)5-7-3-4-7;1-6(2)5-7(3)4;1-4-5-6(2)3;1-4-5(2)3;1-4(2)3;/h9H,4-8H2,1-3H3;7H,6H2,1-5H3;6-7H,3-5H2,1-2H3;6-7H,5H2,1-4H3;6H,4-5H2,1-3H3;5H,4H2,1-3H3;4H,1-3H3;1H4. The highest BCUT2D eigenvalue weighted by Crippen LogP contribution is 2.34. The van der Waals surface area contributed by atoms with Gasteiger partial charge in [0.1, 0.15) is 0 Å². The smallest absolute Gasteiger partial charge is 0.0380 e. The van der Waals surface area contributed by atoms with Crippen molar-refractivity contribution >= 4 is 0 Å². The van der Waals surface area contributed by atoms with Gasteiger partial charge >= 0.3 is 0 Å². The van der Waals surface area contributed by atoms with Crippen molar-refractivity contribution in [3.05, 3.63) is 0 Å². The Balaban J connectivity index is -0.0000000802. The first kappa shape index (κ1) is 62.2. The first-order valence-corrected chi connectivity index (χ1v) is 20.9. The van der Waals surface area contributed by atoms with Crippen LogP contribution in [0.25, 0.3) is 0 Å². The molecule has 0 atom stereocenters. The van der Waals surface area contributed by atoms with Gasteiger partial charge in [-0.05, 0) is 77.9 Å². The topological polar surface area (TPSA) is 0 Å². The molecule has 296 valence electrons. The highest BCUT2D eigenvalue weighted by Gasteiger charge is 2.21. The van der Waals surface area contributed by atoms with E-state index in [0.717, 1.165) is 53.3 Å². The van der Waals surface area contributed by atoms with Crippen LogP contribution in [0.2, 0.25) is 0 Å². The monoisotopic (exact) mass is 673 g/mol. The van der Waals surface area contributed by atoms with Crippen LogP contribution in [0.3, 0.4) is 0 Å². The number of hydrogen-bond acceptors (Lipinski definition) is 0. The summed E-state index contributed by atoms with van der Waals surface area (Å²) in [5.41, 5.74) is 0.522. The van der Waals surface area contributed by atoms with E-state index >= 15 is 0 Å². The predicted octanol–water partition coefficient (Wildman–Crippen LogP) is 18.6. The highest BCUT2D eigenvalue weighted by molar-refractivity contribution is 4.73. The Bertz CT molecular complexity index is 460. The Morgan fingerprint density at radius 1 is 0.468 bits per heavy atom. The lowest BCUT2D eigenvalue weighted by Crippen LogP contribution is -2.08. The van der Waals surface area contributed by atoms with Crippen LogP contribution < -0.4 is 0 Å². The van der Waals surface area contributed by atoms with Crippen molar-refractivity contribution in [1.29, 1.82) is 0 Å². The molecule has 0 radical (unpaired) electrons. The molecular formula is C47H108. The average Bonchev–Trinajstić information content (AvgIpc) is 3.64. The average molecular weight is 673 g/mol. The van der Waals surface area contributed by atoms with E-state index in [1.807, 2.05) is 0 Å². The fourth-order valence-corrected chi connectivity index (χ4v) is 4.74. The van der Waals surface area contributed by atoms with Crippen LogP contribution in [-0.4, -0.2) is 0 Å². The lowest BCUT2D eigenvalue weighted by atomic mass is 9.86. The van der Waals surface area contributed by atoms with Gasteiger partial charge in [-0.15, -0.1) is 0 Å². The van der Waals surface area contributed by atoms with Crippen LogP contribution in [0.4, 0.5) is 0 Å². The van der Waals surface area contributed by atoms with Crippen LogP contribution in [0.1, 0.15) is 250 Å². The van der Waals surface area contributed by atoms with E-state index in [1.54, 1.807) is 0 Å². The van der Waals surface area contributed by atoms with Gasteiger partial charge in [0.05, 0.1) is 0 Å². The fourth-order valence-electron chi connectivity index (χ4n) is 4.74. The van der Waals surface area contributed by atoms with E-state index < -0.39 is 0 Å². The molecule has 0 aromatic heterocycles. The van der Waals surface area contributed by atoms with Crippen molar-refractivity contribution in [2.45, 2.75) is 250 Å². The zero-order valence-electron chi connectivity index (χ0n) is 37.9. The van der Waals surface area contributed by atoms with Crippen LogP contribution in [0.5, 0.6) is 0 Å². The molecule has 1 aliphatic rings. The molecule has 0 heterocycles. The third-order valence-electron chi connectivity index (χ3n) is 6.78. The Labute approximate surface area is 308 Å². The molecule has 0 spiro atoms. The fraction of sp³-hybridized carbons (Fsp3) is 1.00. The zero-order valence-corrected chi connectivity index (χ0v) is 37.9. The predicted molar refractivity (Wildman–Crippen MR) is 231 cm³/mol. The Hall–Kier alpha value is 0. The summed E-state index contributed by atoms with van der Waals surface area (Å²) < 4.78 is 0. The van der Waals surface area contributed by atoms with Gasteiger partial charge < -0.3 is 0 Å². The molecule has 0 N–H and O–H groups in total. The maximum absolute atomic E-state index is 2.30. The van der Waals surface area contributed by atoms with Gasteiger partial charge in [0.15, 0.2) is 0 Å². The van der Waals surface area contributed by atoms with E-state index in [2.05, 4.69) is 159 Å². The molecule has 0 bridgehead atoms. The molecule has 0 saturated heterocycles. The second-order valence-corrected chi connectivity index (χ2v) is 19.2. The minimum atomic E-state index is 0. The zero-order chi connectivity index (χ0) is 37.9. The molecule has 47 heavy (non-hydrogen) atoms. The van der Waals surface area contributed by atoms with Gasteiger partial charge in [0.2, 0.25) is 0 Å². The van der Waals surface area contributed by atoms with E-state index in [0.29, 0.717) is 5.41 Å². The summed E-state index contributed by atoms with van der Waals surface area (Å²) in [6.45, 7) is 51.8. The first-order chi connectivity index (χ1) is 20.9. The quantitative estimate of drug-likeness (QED) is 0.171. The maximum Gasteiger partial charge on any atom is -0.0380 e. The largest absolute Gasteiger partial charge is 0.0776 e. The number of unbranched alkanes of at least 4 members (excludes halogenated alkanes) is 3. The number of hydrogen-bond donors (Lipinski definition) is 0. The molecule has 1 saturated carbocycles. The lowest BCUT2D eigenvalue weighted by Gasteiger charge is -2.19. The van der Waals surface area contributed by atoms with Crippen molar-refractivity contribution in [1.82, 2.24) is 0 Å². The van der Waals surface area contributed by atoms with Crippen molar-refractivity contribution in [2.24, 2.45) is 58.7 Å². The number of rotatable bonds is 13. The maximum atomic E-state index is 2.30. The van der Waals surface area contributed by atoms with Gasteiger partial charge in [0, 0.05) is 0 Å². The summed E-state index contributed by atoms with van der Waals surface area (Å²) in [6, 6.07) is 0. The molecule has 0 heteroatoms. The van der Waals surface area contributed by atoms with Crippen molar-refractivity contribution in [3.63, 3.8) is 0 Å². The summed E-state index contributed by atoms with van der Waals surface area (Å²) in [7, 11) is 0. The summed E-state index contributed by atoms with van der Waals surface area (Å²) in [5.74, 6) is 8.18. The normalized spacial score (nSPS) is 12.1. The minimum Gasteiger partial charge on any atom is -0.0776 e. The third kappa shape index (κ3) is 122. The van der Waals surface area contributed by atoms with E-state index in [-0.39, 0.29) is 7.43 Å². The molecule has 0 nitrogen and oxygen atoms in total. The van der Waals surface area contributed by atoms with Crippen molar-refractivity contribution in [3.8, 4) is 0 Å². The van der Waals surface area contributed by atoms with Crippen molar-refractivity contribution < 1.29 is 0 Å². The van der Waals surface area contributed by atoms with Crippen LogP contribution in [-0.2, 0) is 0 Å². The van der Waals surface area contributed by atoms with Gasteiger partial charge in [-0.25, -0.2) is 0 Å². The minimum absolute atomic E-state index is 0. The van der Waals surface area contributed by atoms with Gasteiger partial charge in [-0.3, -0.25) is 0 Å². The molecule has 0 aromatic rings. The van der Waals surface area contributed by atoms with Gasteiger partial charge in [-0.1, -0.05) is 231 Å². The molecule has 1 rings (SSSR count). The second kappa shape index (κ2) is 44.0. The molecular weight excluding hydrogens is 565 g/mol. The summed E-state index contributed by atoms with van der Waals surface area (Å²) >= 11 is 0. The molecule has 0 aliphatic heterocycles. The molecule has 1 aliphatic carbocycles. The Morgan fingerprint density at radius 3 is 0.957 bits per heavy atom. The van der Waals surface area contributed by atoms with Crippen LogP contribution in [0, 0.1) is 58.7 Å². The Morgan fingerprint density at radius 2 is 0.851 bits per heavy atom. The summed E-state index contributed by atoms with van der Waals surface area (Å²) in [4.78, 5) is 0. The molecule has 1 fully saturated rings. The second-order valence-electron chi connectivity index (χ2n) is 19.2. The lowest BCUT2D eigenvalue weighted by molar-refractivity contribution is 0.320. The van der Waals surface area contributed by atoms with E-state index in [4.69, 9.17) is 0 Å². The van der Waals surface area contributed by atoms with Gasteiger partial charge in [0.25, 0.3) is 0 Å². The molecule has 0 unspecified atom stereocenters. The Kier molecular flexibility index (Phi) is 58.2. The SMILES string of the molecule is C.CC(C)C.CC(C)CC(C)(C)C.CC(C)CC(C)C.CC(C)CC1CC1.CCC(C)C.CCCC(C)C.CCCCCCC(C)C. The molecule has 0 amide bonds.